The van der Waals surface area contributed by atoms with E-state index in [1.165, 1.54) is 24.3 Å². The quantitative estimate of drug-likeness (QED) is 0.889. The molecule has 0 saturated carbocycles. The molecule has 0 aromatic heterocycles. The molecule has 21 heavy (non-hydrogen) atoms. The van der Waals surface area contributed by atoms with Crippen molar-refractivity contribution >= 4 is 38.9 Å². The molecule has 0 aliphatic heterocycles. The smallest absolute Gasteiger partial charge is 0.261 e. The third kappa shape index (κ3) is 3.65. The van der Waals surface area contributed by atoms with E-state index in [1.807, 2.05) is 0 Å². The van der Waals surface area contributed by atoms with Gasteiger partial charge in [-0.2, -0.15) is 0 Å². The fourth-order valence-electron chi connectivity index (χ4n) is 1.64. The molecule has 0 unspecified atom stereocenters. The maximum absolute atomic E-state index is 13.2. The zero-order chi connectivity index (χ0) is 15.6. The summed E-state index contributed by atoms with van der Waals surface area (Å²) in [6.45, 7) is 0.197. The van der Waals surface area contributed by atoms with Crippen molar-refractivity contribution in [3.05, 3.63) is 57.8 Å². The molecule has 2 aromatic rings. The highest BCUT2D eigenvalue weighted by atomic mass is 35.5. The zero-order valence-electron chi connectivity index (χ0n) is 10.6. The molecule has 0 heterocycles. The summed E-state index contributed by atoms with van der Waals surface area (Å²) in [5.41, 5.74) is 6.04. The second-order valence-electron chi connectivity index (χ2n) is 4.19. The van der Waals surface area contributed by atoms with E-state index in [0.717, 1.165) is 12.1 Å². The molecule has 0 atom stereocenters. The lowest BCUT2D eigenvalue weighted by Crippen LogP contribution is -2.14. The minimum absolute atomic E-state index is 0.0457. The van der Waals surface area contributed by atoms with Crippen LogP contribution in [0.15, 0.2) is 41.3 Å². The number of sulfonamides is 1. The van der Waals surface area contributed by atoms with Crippen LogP contribution >= 0.6 is 23.2 Å². The molecule has 0 saturated heterocycles. The van der Waals surface area contributed by atoms with Gasteiger partial charge in [-0.15, -0.1) is 0 Å². The van der Waals surface area contributed by atoms with Crippen LogP contribution in [0.3, 0.4) is 0 Å². The number of benzene rings is 2. The summed E-state index contributed by atoms with van der Waals surface area (Å²) in [5, 5.41) is 0.329. The average molecular weight is 349 g/mol. The second kappa shape index (κ2) is 6.19. The van der Waals surface area contributed by atoms with Crippen molar-refractivity contribution in [1.82, 2.24) is 0 Å². The lowest BCUT2D eigenvalue weighted by Gasteiger charge is -2.11. The van der Waals surface area contributed by atoms with Crippen LogP contribution in [0.4, 0.5) is 10.1 Å². The Kier molecular flexibility index (Phi) is 4.73. The maximum Gasteiger partial charge on any atom is 0.261 e. The van der Waals surface area contributed by atoms with Gasteiger partial charge in [0.2, 0.25) is 0 Å². The summed E-state index contributed by atoms with van der Waals surface area (Å²) < 4.78 is 39.8. The minimum atomic E-state index is -3.93. The van der Waals surface area contributed by atoms with Crippen LogP contribution in [0.5, 0.6) is 0 Å². The Bertz CT molecular complexity index is 782. The number of halogens is 3. The largest absolute Gasteiger partial charge is 0.326 e. The molecule has 0 bridgehead atoms. The van der Waals surface area contributed by atoms with Gasteiger partial charge < -0.3 is 5.73 Å². The number of nitrogens with one attached hydrogen (secondary N) is 1. The average Bonchev–Trinajstić information content (AvgIpc) is 2.42. The zero-order valence-corrected chi connectivity index (χ0v) is 12.9. The highest BCUT2D eigenvalue weighted by Crippen LogP contribution is 2.27. The summed E-state index contributed by atoms with van der Waals surface area (Å²) in [4.78, 5) is -0.0648. The fourth-order valence-corrected chi connectivity index (χ4v) is 3.28. The number of rotatable bonds is 4. The van der Waals surface area contributed by atoms with Crippen LogP contribution < -0.4 is 10.5 Å². The van der Waals surface area contributed by atoms with E-state index in [-0.39, 0.29) is 27.2 Å². The third-order valence-corrected chi connectivity index (χ3v) is 4.77. The third-order valence-electron chi connectivity index (χ3n) is 2.73. The lowest BCUT2D eigenvalue weighted by atomic mass is 10.2. The van der Waals surface area contributed by atoms with Gasteiger partial charge in [-0.25, -0.2) is 12.8 Å². The summed E-state index contributed by atoms with van der Waals surface area (Å²) in [5.74, 6) is -0.603. The Hall–Kier alpha value is -1.34. The van der Waals surface area contributed by atoms with E-state index < -0.39 is 15.8 Å². The molecule has 2 rings (SSSR count). The molecule has 0 fully saturated rings. The molecule has 8 heteroatoms. The molecule has 0 aliphatic rings. The van der Waals surface area contributed by atoms with Crippen molar-refractivity contribution in [2.75, 3.05) is 4.72 Å². The van der Waals surface area contributed by atoms with Gasteiger partial charge in [0.05, 0.1) is 15.6 Å². The van der Waals surface area contributed by atoms with E-state index in [2.05, 4.69) is 4.72 Å². The predicted molar refractivity (Wildman–Crippen MR) is 81.6 cm³/mol. The van der Waals surface area contributed by atoms with Crippen molar-refractivity contribution in [2.24, 2.45) is 5.73 Å². The Balaban J connectivity index is 2.38. The summed E-state index contributed by atoms with van der Waals surface area (Å²) in [6.07, 6.45) is 0. The van der Waals surface area contributed by atoms with Crippen molar-refractivity contribution in [1.29, 1.82) is 0 Å². The first-order valence-electron chi connectivity index (χ1n) is 5.80. The van der Waals surface area contributed by atoms with Gasteiger partial charge in [-0.05, 0) is 35.9 Å². The first-order chi connectivity index (χ1) is 9.83. The summed E-state index contributed by atoms with van der Waals surface area (Å²) >= 11 is 11.8. The standard InChI is InChI=1S/C13H11Cl2FN2O2S/c14-11-4-2-9(16)5-13(11)18-21(19,20)10-3-1-8(7-17)12(15)6-10/h1-6,18H,7,17H2. The molecule has 0 spiro atoms. The Labute approximate surface area is 131 Å². The molecule has 2 aromatic carbocycles. The minimum Gasteiger partial charge on any atom is -0.326 e. The van der Waals surface area contributed by atoms with Crippen molar-refractivity contribution in [3.63, 3.8) is 0 Å². The molecule has 0 aliphatic carbocycles. The van der Waals surface area contributed by atoms with Gasteiger partial charge in [-0.3, -0.25) is 4.72 Å². The van der Waals surface area contributed by atoms with Gasteiger partial charge in [0.1, 0.15) is 5.82 Å². The molecule has 112 valence electrons. The van der Waals surface area contributed by atoms with E-state index in [9.17, 15) is 12.8 Å². The van der Waals surface area contributed by atoms with Gasteiger partial charge in [0.25, 0.3) is 10.0 Å². The number of hydrogen-bond donors (Lipinski definition) is 2. The normalized spacial score (nSPS) is 11.4. The van der Waals surface area contributed by atoms with E-state index in [0.29, 0.717) is 5.56 Å². The van der Waals surface area contributed by atoms with Gasteiger partial charge in [-0.1, -0.05) is 29.3 Å². The molecule has 0 radical (unpaired) electrons. The second-order valence-corrected chi connectivity index (χ2v) is 6.68. The van der Waals surface area contributed by atoms with E-state index in [1.54, 1.807) is 0 Å². The first-order valence-corrected chi connectivity index (χ1v) is 8.04. The number of hydrogen-bond acceptors (Lipinski definition) is 3. The predicted octanol–water partition coefficient (Wildman–Crippen LogP) is 3.39. The van der Waals surface area contributed by atoms with Crippen molar-refractivity contribution < 1.29 is 12.8 Å². The van der Waals surface area contributed by atoms with Gasteiger partial charge in [0.15, 0.2) is 0 Å². The molecular weight excluding hydrogens is 338 g/mol. The van der Waals surface area contributed by atoms with Crippen LogP contribution in [0.2, 0.25) is 10.0 Å². The van der Waals surface area contributed by atoms with Gasteiger partial charge in [0, 0.05) is 11.6 Å². The molecular formula is C13H11Cl2FN2O2S. The summed E-state index contributed by atoms with van der Waals surface area (Å²) in [6, 6.07) is 7.55. The van der Waals surface area contributed by atoms with E-state index >= 15 is 0 Å². The van der Waals surface area contributed by atoms with Gasteiger partial charge >= 0.3 is 0 Å². The molecule has 4 nitrogen and oxygen atoms in total. The maximum atomic E-state index is 13.2. The highest BCUT2D eigenvalue weighted by Gasteiger charge is 2.17. The van der Waals surface area contributed by atoms with Crippen molar-refractivity contribution in [3.8, 4) is 0 Å². The Morgan fingerprint density at radius 2 is 1.81 bits per heavy atom. The van der Waals surface area contributed by atoms with Crippen LogP contribution in [0.25, 0.3) is 0 Å². The molecule has 0 amide bonds. The lowest BCUT2D eigenvalue weighted by molar-refractivity contribution is 0.601. The van der Waals surface area contributed by atoms with Crippen LogP contribution in [-0.2, 0) is 16.6 Å². The van der Waals surface area contributed by atoms with Crippen LogP contribution in [-0.4, -0.2) is 8.42 Å². The van der Waals surface area contributed by atoms with Crippen LogP contribution in [0, 0.1) is 5.82 Å². The monoisotopic (exact) mass is 348 g/mol. The topological polar surface area (TPSA) is 72.2 Å². The highest BCUT2D eigenvalue weighted by molar-refractivity contribution is 7.92. The number of anilines is 1. The van der Waals surface area contributed by atoms with Crippen molar-refractivity contribution in [2.45, 2.75) is 11.4 Å². The Morgan fingerprint density at radius 1 is 1.10 bits per heavy atom. The van der Waals surface area contributed by atoms with E-state index in [4.69, 9.17) is 28.9 Å². The number of nitrogens with two attached hydrogens (primary N) is 1. The fraction of sp³-hybridized carbons (Fsp3) is 0.0769. The summed E-state index contributed by atoms with van der Waals surface area (Å²) in [7, 11) is -3.93. The van der Waals surface area contributed by atoms with Crippen LogP contribution in [0.1, 0.15) is 5.56 Å². The SMILES string of the molecule is NCc1ccc(S(=O)(=O)Nc2cc(F)ccc2Cl)cc1Cl. The Morgan fingerprint density at radius 3 is 2.43 bits per heavy atom. The molecule has 3 N–H and O–H groups in total. The first kappa shape index (κ1) is 16.0.